The van der Waals surface area contributed by atoms with Crippen LogP contribution in [0.1, 0.15) is 25.0 Å². The molecule has 208 valence electrons. The summed E-state index contributed by atoms with van der Waals surface area (Å²) >= 11 is 15.1. The van der Waals surface area contributed by atoms with Crippen molar-refractivity contribution in [3.63, 3.8) is 0 Å². The Bertz CT molecular complexity index is 1380. The number of amides is 2. The summed E-state index contributed by atoms with van der Waals surface area (Å²) in [6.45, 7) is 3.06. The molecule has 11 heteroatoms. The summed E-state index contributed by atoms with van der Waals surface area (Å²) < 4.78 is 27.6. The minimum absolute atomic E-state index is 0.0926. The van der Waals surface area contributed by atoms with E-state index in [2.05, 4.69) is 27.9 Å². The molecule has 3 aromatic rings. The standard InChI is InChI=1S/C28H30Cl2IN3O4S/c1-19(2)32-28(36)26(16-20-8-5-4-6-9-20)33(17-23-24(29)10-7-11-25(23)30)27(35)18-34(39(3,37)38)22-14-12-21(31)13-15-22/h4-15,19,26H,16-18H2,1-3H3,(H,32,36)/t26-/m1/s1. The van der Waals surface area contributed by atoms with Crippen molar-refractivity contribution in [3.05, 3.63) is 97.5 Å². The van der Waals surface area contributed by atoms with Crippen LogP contribution < -0.4 is 9.62 Å². The summed E-state index contributed by atoms with van der Waals surface area (Å²) in [6.07, 6.45) is 1.25. The van der Waals surface area contributed by atoms with Crippen molar-refractivity contribution in [2.75, 3.05) is 17.1 Å². The molecule has 0 saturated heterocycles. The third-order valence-corrected chi connectivity index (χ3v) is 8.45. The fraction of sp³-hybridized carbons (Fsp3) is 0.286. The predicted octanol–water partition coefficient (Wildman–Crippen LogP) is 5.53. The van der Waals surface area contributed by atoms with Crippen molar-refractivity contribution < 1.29 is 18.0 Å². The van der Waals surface area contributed by atoms with Gasteiger partial charge in [-0.05, 0) is 78.4 Å². The Labute approximate surface area is 253 Å². The quantitative estimate of drug-likeness (QED) is 0.267. The Balaban J connectivity index is 2.09. The van der Waals surface area contributed by atoms with E-state index in [1.165, 1.54) is 4.90 Å². The third-order valence-electron chi connectivity index (χ3n) is 5.89. The van der Waals surface area contributed by atoms with Crippen LogP contribution >= 0.6 is 45.8 Å². The van der Waals surface area contributed by atoms with E-state index in [9.17, 15) is 18.0 Å². The van der Waals surface area contributed by atoms with Gasteiger partial charge in [0.15, 0.2) is 0 Å². The van der Waals surface area contributed by atoms with Gasteiger partial charge in [0.1, 0.15) is 12.6 Å². The SMILES string of the molecule is CC(C)NC(=O)[C@@H](Cc1ccccc1)N(Cc1c(Cl)cccc1Cl)C(=O)CN(c1ccc(I)cc1)S(C)(=O)=O. The van der Waals surface area contributed by atoms with Crippen LogP contribution in [0.2, 0.25) is 10.0 Å². The van der Waals surface area contributed by atoms with Gasteiger partial charge >= 0.3 is 0 Å². The summed E-state index contributed by atoms with van der Waals surface area (Å²) in [5.74, 6) is -0.944. The Kier molecular flexibility index (Phi) is 11.1. The average Bonchev–Trinajstić information content (AvgIpc) is 2.86. The predicted molar refractivity (Wildman–Crippen MR) is 166 cm³/mol. The maximum atomic E-state index is 14.0. The largest absolute Gasteiger partial charge is 0.352 e. The van der Waals surface area contributed by atoms with Crippen molar-refractivity contribution >= 4 is 73.3 Å². The maximum absolute atomic E-state index is 14.0. The summed E-state index contributed by atoms with van der Waals surface area (Å²) in [4.78, 5) is 29.0. The molecule has 0 unspecified atom stereocenters. The minimum Gasteiger partial charge on any atom is -0.352 e. The molecule has 1 atom stereocenters. The molecule has 3 aromatic carbocycles. The molecule has 0 bridgehead atoms. The number of halogens is 3. The van der Waals surface area contributed by atoms with Crippen molar-refractivity contribution in [3.8, 4) is 0 Å². The Morgan fingerprint density at radius 2 is 1.51 bits per heavy atom. The lowest BCUT2D eigenvalue weighted by atomic mass is 10.0. The fourth-order valence-electron chi connectivity index (χ4n) is 4.01. The lowest BCUT2D eigenvalue weighted by Crippen LogP contribution is -2.54. The molecule has 0 saturated carbocycles. The summed E-state index contributed by atoms with van der Waals surface area (Å²) in [5.41, 5.74) is 1.64. The summed E-state index contributed by atoms with van der Waals surface area (Å²) in [5, 5.41) is 3.57. The number of nitrogens with one attached hydrogen (secondary N) is 1. The van der Waals surface area contributed by atoms with E-state index in [1.807, 2.05) is 44.2 Å². The topological polar surface area (TPSA) is 86.8 Å². The Morgan fingerprint density at radius 3 is 2.05 bits per heavy atom. The van der Waals surface area contributed by atoms with Gasteiger partial charge < -0.3 is 10.2 Å². The molecule has 0 aliphatic heterocycles. The Hall–Kier alpha value is -2.34. The van der Waals surface area contributed by atoms with E-state index in [1.54, 1.807) is 42.5 Å². The zero-order valence-electron chi connectivity index (χ0n) is 21.8. The molecule has 0 aromatic heterocycles. The molecular weight excluding hydrogens is 672 g/mol. The number of benzene rings is 3. The van der Waals surface area contributed by atoms with E-state index in [4.69, 9.17) is 23.2 Å². The van der Waals surface area contributed by atoms with Gasteiger partial charge in [-0.15, -0.1) is 0 Å². The van der Waals surface area contributed by atoms with Gasteiger partial charge in [-0.25, -0.2) is 8.42 Å². The molecule has 2 amide bonds. The van der Waals surface area contributed by atoms with Gasteiger partial charge in [0.25, 0.3) is 0 Å². The molecule has 3 rings (SSSR count). The van der Waals surface area contributed by atoms with E-state index >= 15 is 0 Å². The second-order valence-electron chi connectivity index (χ2n) is 9.34. The first kappa shape index (κ1) is 31.2. The molecule has 7 nitrogen and oxygen atoms in total. The minimum atomic E-state index is -3.84. The number of carbonyl (C=O) groups is 2. The first-order valence-electron chi connectivity index (χ1n) is 12.2. The monoisotopic (exact) mass is 701 g/mol. The van der Waals surface area contributed by atoms with Crippen LogP contribution in [0, 0.1) is 3.57 Å². The van der Waals surface area contributed by atoms with Crippen LogP contribution in [0.15, 0.2) is 72.8 Å². The molecule has 0 spiro atoms. The van der Waals surface area contributed by atoms with Crippen LogP contribution in [-0.2, 0) is 32.6 Å². The zero-order valence-corrected chi connectivity index (χ0v) is 26.3. The number of hydrogen-bond acceptors (Lipinski definition) is 4. The third kappa shape index (κ3) is 8.83. The first-order chi connectivity index (χ1) is 18.4. The maximum Gasteiger partial charge on any atom is 0.244 e. The molecule has 0 heterocycles. The molecular formula is C28H30Cl2IN3O4S. The van der Waals surface area contributed by atoms with E-state index in [0.717, 1.165) is 19.7 Å². The van der Waals surface area contributed by atoms with Gasteiger partial charge in [0.2, 0.25) is 21.8 Å². The van der Waals surface area contributed by atoms with Gasteiger partial charge in [0.05, 0.1) is 11.9 Å². The number of sulfonamides is 1. The lowest BCUT2D eigenvalue weighted by Gasteiger charge is -2.34. The van der Waals surface area contributed by atoms with Crippen LogP contribution in [0.25, 0.3) is 0 Å². The van der Waals surface area contributed by atoms with Gasteiger partial charge in [-0.3, -0.25) is 13.9 Å². The highest BCUT2D eigenvalue weighted by Crippen LogP contribution is 2.28. The molecule has 1 N–H and O–H groups in total. The molecule has 0 aliphatic carbocycles. The van der Waals surface area contributed by atoms with Crippen molar-refractivity contribution in [2.24, 2.45) is 0 Å². The molecule has 0 aliphatic rings. The first-order valence-corrected chi connectivity index (χ1v) is 15.8. The lowest BCUT2D eigenvalue weighted by molar-refractivity contribution is -0.140. The number of rotatable bonds is 11. The Morgan fingerprint density at radius 1 is 0.923 bits per heavy atom. The molecule has 39 heavy (non-hydrogen) atoms. The molecule has 0 radical (unpaired) electrons. The second kappa shape index (κ2) is 13.8. The highest BCUT2D eigenvalue weighted by Gasteiger charge is 2.34. The van der Waals surface area contributed by atoms with Gasteiger partial charge in [-0.2, -0.15) is 0 Å². The van der Waals surface area contributed by atoms with Crippen LogP contribution in [-0.4, -0.2) is 50.0 Å². The normalized spacial score (nSPS) is 12.2. The van der Waals surface area contributed by atoms with E-state index < -0.39 is 28.5 Å². The highest BCUT2D eigenvalue weighted by atomic mass is 127. The highest BCUT2D eigenvalue weighted by molar-refractivity contribution is 14.1. The molecule has 0 fully saturated rings. The van der Waals surface area contributed by atoms with E-state index in [0.29, 0.717) is 21.3 Å². The number of carbonyl (C=O) groups excluding carboxylic acids is 2. The number of hydrogen-bond donors (Lipinski definition) is 1. The van der Waals surface area contributed by atoms with Crippen molar-refractivity contribution in [1.29, 1.82) is 0 Å². The fourth-order valence-corrected chi connectivity index (χ4v) is 5.74. The zero-order chi connectivity index (χ0) is 28.7. The summed E-state index contributed by atoms with van der Waals surface area (Å²) in [7, 11) is -3.84. The van der Waals surface area contributed by atoms with Crippen molar-refractivity contribution in [2.45, 2.75) is 38.9 Å². The number of anilines is 1. The van der Waals surface area contributed by atoms with Crippen LogP contribution in [0.4, 0.5) is 5.69 Å². The van der Waals surface area contributed by atoms with Crippen LogP contribution in [0.3, 0.4) is 0 Å². The van der Waals surface area contributed by atoms with Crippen molar-refractivity contribution in [1.82, 2.24) is 10.2 Å². The van der Waals surface area contributed by atoms with E-state index in [-0.39, 0.29) is 24.9 Å². The second-order valence-corrected chi connectivity index (χ2v) is 13.3. The van der Waals surface area contributed by atoms with Gasteiger partial charge in [-0.1, -0.05) is 59.6 Å². The summed E-state index contributed by atoms with van der Waals surface area (Å²) in [6, 6.07) is 19.9. The average molecular weight is 702 g/mol. The van der Waals surface area contributed by atoms with Gasteiger partial charge in [0, 0.05) is 38.2 Å². The smallest absolute Gasteiger partial charge is 0.244 e. The number of nitrogens with zero attached hydrogens (tertiary/aromatic N) is 2. The van der Waals surface area contributed by atoms with Crippen LogP contribution in [0.5, 0.6) is 0 Å².